The van der Waals surface area contributed by atoms with E-state index < -0.39 is 0 Å². The molecule has 0 spiro atoms. The average Bonchev–Trinajstić information content (AvgIpc) is 3.10. The molecule has 4 rings (SSSR count). The van der Waals surface area contributed by atoms with Crippen molar-refractivity contribution >= 4 is 56.6 Å². The van der Waals surface area contributed by atoms with Crippen LogP contribution in [0.3, 0.4) is 0 Å². The lowest BCUT2D eigenvalue weighted by Crippen LogP contribution is -1.76. The van der Waals surface area contributed by atoms with Crippen molar-refractivity contribution in [3.8, 4) is 11.5 Å². The molecule has 4 aromatic rings. The highest BCUT2D eigenvalue weighted by Gasteiger charge is 2.08. The fraction of sp³-hybridized carbons (Fsp3) is 0. The molecular weight excluding hydrogens is 424 g/mol. The molecule has 0 aliphatic heterocycles. The summed E-state index contributed by atoms with van der Waals surface area (Å²) in [6.07, 6.45) is 5.52. The molecule has 132 valence electrons. The topological polar surface area (TPSA) is 38.4 Å². The Morgan fingerprint density at radius 2 is 1.89 bits per heavy atom. The van der Waals surface area contributed by atoms with Crippen LogP contribution in [0.5, 0.6) is 0 Å². The van der Waals surface area contributed by atoms with Crippen molar-refractivity contribution in [2.45, 2.75) is 0 Å². The average molecular weight is 438 g/mol. The maximum atomic E-state index is 6.13. The summed E-state index contributed by atoms with van der Waals surface area (Å²) in [5, 5.41) is 0.714. The lowest BCUT2D eigenvalue weighted by Gasteiger charge is -1.95. The van der Waals surface area contributed by atoms with Gasteiger partial charge in [0.25, 0.3) is 0 Å². The van der Waals surface area contributed by atoms with Gasteiger partial charge in [-0.05, 0) is 54.1 Å². The molecule has 1 aromatic heterocycles. The highest BCUT2D eigenvalue weighted by atomic mass is 79.9. The number of aromatic nitrogens is 1. The van der Waals surface area contributed by atoms with Gasteiger partial charge >= 0.3 is 0 Å². The number of nitrogens with zero attached hydrogens (tertiary/aromatic N) is 2. The van der Waals surface area contributed by atoms with Gasteiger partial charge in [0, 0.05) is 21.3 Å². The Labute approximate surface area is 170 Å². The number of rotatable bonds is 4. The van der Waals surface area contributed by atoms with Gasteiger partial charge < -0.3 is 4.42 Å². The van der Waals surface area contributed by atoms with E-state index in [9.17, 15) is 0 Å². The molecule has 27 heavy (non-hydrogen) atoms. The molecule has 0 saturated carbocycles. The lowest BCUT2D eigenvalue weighted by molar-refractivity contribution is 0.620. The minimum absolute atomic E-state index is 0.589. The van der Waals surface area contributed by atoms with Gasteiger partial charge in [0.05, 0.1) is 5.69 Å². The van der Waals surface area contributed by atoms with Crippen molar-refractivity contribution in [1.29, 1.82) is 0 Å². The summed E-state index contributed by atoms with van der Waals surface area (Å²) in [7, 11) is 0. The van der Waals surface area contributed by atoms with Crippen molar-refractivity contribution in [2.75, 3.05) is 0 Å². The Morgan fingerprint density at radius 3 is 2.74 bits per heavy atom. The fourth-order valence-corrected chi connectivity index (χ4v) is 3.23. The SMILES string of the molecule is Clc1ccccc1/C=C\C=Nc1ccc2oc(-c3cccc(Br)c3)nc2c1. The van der Waals surface area contributed by atoms with Crippen molar-refractivity contribution in [1.82, 2.24) is 4.98 Å². The van der Waals surface area contributed by atoms with E-state index in [2.05, 4.69) is 25.9 Å². The molecule has 0 amide bonds. The number of benzene rings is 3. The van der Waals surface area contributed by atoms with Crippen LogP contribution < -0.4 is 0 Å². The molecule has 3 aromatic carbocycles. The van der Waals surface area contributed by atoms with Crippen LogP contribution in [0.2, 0.25) is 5.02 Å². The number of fused-ring (bicyclic) bond motifs is 1. The van der Waals surface area contributed by atoms with Crippen molar-refractivity contribution in [2.24, 2.45) is 4.99 Å². The first-order valence-corrected chi connectivity index (χ1v) is 9.48. The minimum atomic E-state index is 0.589. The van der Waals surface area contributed by atoms with Gasteiger partial charge in [-0.1, -0.05) is 57.9 Å². The van der Waals surface area contributed by atoms with E-state index in [1.54, 1.807) is 6.21 Å². The molecule has 0 radical (unpaired) electrons. The second-order valence-electron chi connectivity index (χ2n) is 5.84. The van der Waals surface area contributed by atoms with Gasteiger partial charge in [0.15, 0.2) is 5.58 Å². The largest absolute Gasteiger partial charge is 0.436 e. The zero-order chi connectivity index (χ0) is 18.6. The molecule has 0 aliphatic rings. The molecule has 1 heterocycles. The minimum Gasteiger partial charge on any atom is -0.436 e. The summed E-state index contributed by atoms with van der Waals surface area (Å²) in [6.45, 7) is 0. The van der Waals surface area contributed by atoms with Gasteiger partial charge in [-0.3, -0.25) is 4.99 Å². The van der Waals surface area contributed by atoms with Crippen molar-refractivity contribution < 1.29 is 4.42 Å². The van der Waals surface area contributed by atoms with Crippen LogP contribution in [0.4, 0.5) is 5.69 Å². The Bertz CT molecular complexity index is 1160. The molecular formula is C22H14BrClN2O. The molecule has 0 bridgehead atoms. The summed E-state index contributed by atoms with van der Waals surface area (Å²) in [5.41, 5.74) is 4.19. The maximum Gasteiger partial charge on any atom is 0.227 e. The van der Waals surface area contributed by atoms with Crippen LogP contribution in [-0.2, 0) is 0 Å². The maximum absolute atomic E-state index is 6.13. The normalized spacial score (nSPS) is 11.8. The Hall–Kier alpha value is -2.69. The van der Waals surface area contributed by atoms with Crippen LogP contribution in [-0.4, -0.2) is 11.2 Å². The van der Waals surface area contributed by atoms with E-state index >= 15 is 0 Å². The lowest BCUT2D eigenvalue weighted by atomic mass is 10.2. The van der Waals surface area contributed by atoms with Crippen molar-refractivity contribution in [3.05, 3.63) is 87.9 Å². The Kier molecular flexibility index (Phi) is 5.19. The number of oxazole rings is 1. The second kappa shape index (κ2) is 7.91. The quantitative estimate of drug-likeness (QED) is 0.314. The number of hydrogen-bond donors (Lipinski definition) is 0. The first-order chi connectivity index (χ1) is 13.2. The number of hydrogen-bond acceptors (Lipinski definition) is 3. The van der Waals surface area contributed by atoms with Gasteiger partial charge in [0.1, 0.15) is 5.52 Å². The smallest absolute Gasteiger partial charge is 0.227 e. The summed E-state index contributed by atoms with van der Waals surface area (Å²) in [4.78, 5) is 9.03. The number of halogens is 2. The first kappa shape index (κ1) is 17.7. The summed E-state index contributed by atoms with van der Waals surface area (Å²) in [5.74, 6) is 0.589. The molecule has 0 aliphatic carbocycles. The summed E-state index contributed by atoms with van der Waals surface area (Å²) in [6, 6.07) is 21.2. The molecule has 5 heteroatoms. The standard InChI is InChI=1S/C22H14BrClN2O/c23-17-8-3-6-16(13-17)22-26-20-14-18(10-11-21(20)27-22)25-12-4-7-15-5-1-2-9-19(15)24/h1-14H/b7-4-,25-12?. The van der Waals surface area contributed by atoms with E-state index in [1.165, 1.54) is 0 Å². The summed E-state index contributed by atoms with van der Waals surface area (Å²) < 4.78 is 6.83. The van der Waals surface area contributed by atoms with Gasteiger partial charge in [-0.25, -0.2) is 4.98 Å². The van der Waals surface area contributed by atoms with Gasteiger partial charge in [-0.15, -0.1) is 0 Å². The van der Waals surface area contributed by atoms with E-state index in [0.717, 1.165) is 32.4 Å². The number of allylic oxidation sites excluding steroid dienone is 1. The van der Waals surface area contributed by atoms with E-state index in [4.69, 9.17) is 16.0 Å². The Balaban J connectivity index is 1.56. The molecule has 0 saturated heterocycles. The van der Waals surface area contributed by atoms with E-state index in [1.807, 2.05) is 78.9 Å². The van der Waals surface area contributed by atoms with E-state index in [0.29, 0.717) is 10.9 Å². The van der Waals surface area contributed by atoms with Gasteiger partial charge in [0.2, 0.25) is 5.89 Å². The third-order valence-corrected chi connectivity index (χ3v) is 4.77. The molecule has 0 atom stereocenters. The highest BCUT2D eigenvalue weighted by molar-refractivity contribution is 9.10. The third-order valence-electron chi connectivity index (χ3n) is 3.93. The van der Waals surface area contributed by atoms with Crippen molar-refractivity contribution in [3.63, 3.8) is 0 Å². The Morgan fingerprint density at radius 1 is 1.00 bits per heavy atom. The van der Waals surface area contributed by atoms with Crippen LogP contribution in [0.25, 0.3) is 28.6 Å². The van der Waals surface area contributed by atoms with E-state index in [-0.39, 0.29) is 0 Å². The monoisotopic (exact) mass is 436 g/mol. The zero-order valence-electron chi connectivity index (χ0n) is 14.1. The number of aliphatic imine (C=N–C) groups is 1. The molecule has 3 nitrogen and oxygen atoms in total. The molecule has 0 fully saturated rings. The fourth-order valence-electron chi connectivity index (χ4n) is 2.63. The zero-order valence-corrected chi connectivity index (χ0v) is 16.5. The van der Waals surface area contributed by atoms with Crippen LogP contribution in [0.15, 0.2) is 86.7 Å². The van der Waals surface area contributed by atoms with Crippen LogP contribution in [0, 0.1) is 0 Å². The predicted octanol–water partition coefficient (Wildman–Crippen LogP) is 7.33. The summed E-state index contributed by atoms with van der Waals surface area (Å²) >= 11 is 9.60. The van der Waals surface area contributed by atoms with Crippen LogP contribution in [0.1, 0.15) is 5.56 Å². The predicted molar refractivity (Wildman–Crippen MR) is 116 cm³/mol. The molecule has 0 unspecified atom stereocenters. The third kappa shape index (κ3) is 4.18. The first-order valence-electron chi connectivity index (χ1n) is 8.31. The molecule has 0 N–H and O–H groups in total. The van der Waals surface area contributed by atoms with Crippen LogP contribution >= 0.6 is 27.5 Å². The second-order valence-corrected chi connectivity index (χ2v) is 7.16. The van der Waals surface area contributed by atoms with Gasteiger partial charge in [-0.2, -0.15) is 0 Å². The highest BCUT2D eigenvalue weighted by Crippen LogP contribution is 2.28.